The van der Waals surface area contributed by atoms with Crippen LogP contribution in [-0.2, 0) is 17.9 Å². The molecule has 0 unspecified atom stereocenters. The maximum atomic E-state index is 13.6. The summed E-state index contributed by atoms with van der Waals surface area (Å²) in [7, 11) is 0. The van der Waals surface area contributed by atoms with Gasteiger partial charge in [-0.3, -0.25) is 4.79 Å². The van der Waals surface area contributed by atoms with Crippen LogP contribution in [0.4, 0.5) is 4.39 Å². The Kier molecular flexibility index (Phi) is 6.82. The molecule has 1 amide bonds. The molecule has 1 saturated carbocycles. The van der Waals surface area contributed by atoms with Crippen molar-refractivity contribution < 1.29 is 9.18 Å². The molecule has 1 fully saturated rings. The molecule has 0 radical (unpaired) electrons. The van der Waals surface area contributed by atoms with E-state index >= 15 is 0 Å². The first-order valence-corrected chi connectivity index (χ1v) is 10.7. The van der Waals surface area contributed by atoms with E-state index in [2.05, 4.69) is 10.6 Å². The lowest BCUT2D eigenvalue weighted by Gasteiger charge is -2.39. The summed E-state index contributed by atoms with van der Waals surface area (Å²) in [6, 6.07) is 11.0. The first-order chi connectivity index (χ1) is 13.4. The van der Waals surface area contributed by atoms with Gasteiger partial charge in [-0.1, -0.05) is 31.4 Å². The topological polar surface area (TPSA) is 25.2 Å². The zero-order valence-electron chi connectivity index (χ0n) is 16.8. The molecule has 0 N–H and O–H groups in total. The summed E-state index contributed by atoms with van der Waals surface area (Å²) >= 11 is 6.12. The van der Waals surface area contributed by atoms with Gasteiger partial charge in [-0.05, 0) is 56.5 Å². The third kappa shape index (κ3) is 4.96. The lowest BCUT2D eigenvalue weighted by molar-refractivity contribution is -0.143. The summed E-state index contributed by atoms with van der Waals surface area (Å²) in [5.41, 5.74) is 1.39. The van der Waals surface area contributed by atoms with Crippen LogP contribution >= 0.6 is 11.6 Å². The number of rotatable bonds is 7. The Morgan fingerprint density at radius 1 is 1.21 bits per heavy atom. The van der Waals surface area contributed by atoms with Crippen molar-refractivity contribution in [2.24, 2.45) is 5.41 Å². The van der Waals surface area contributed by atoms with Gasteiger partial charge in [0.2, 0.25) is 5.91 Å². The number of alkyl halides is 1. The fourth-order valence-electron chi connectivity index (χ4n) is 3.96. The van der Waals surface area contributed by atoms with E-state index in [4.69, 9.17) is 11.6 Å². The molecule has 0 spiro atoms. The molecule has 0 atom stereocenters. The van der Waals surface area contributed by atoms with Crippen LogP contribution in [0.25, 0.3) is 0 Å². The largest absolute Gasteiger partial charge is 0.345 e. The van der Waals surface area contributed by atoms with Crippen LogP contribution in [0, 0.1) is 11.2 Å². The van der Waals surface area contributed by atoms with Crippen LogP contribution in [-0.4, -0.2) is 27.3 Å². The third-order valence-corrected chi connectivity index (χ3v) is 6.36. The number of nitrogens with zero attached hydrogens (tertiary/aromatic N) is 2. The van der Waals surface area contributed by atoms with Crippen molar-refractivity contribution in [3.8, 4) is 0 Å². The number of hydrogen-bond acceptors (Lipinski definition) is 1. The van der Waals surface area contributed by atoms with Crippen molar-refractivity contribution in [1.29, 1.82) is 0 Å². The molecule has 1 heterocycles. The van der Waals surface area contributed by atoms with Crippen LogP contribution in [0.3, 0.4) is 0 Å². The second-order valence-electron chi connectivity index (χ2n) is 8.50. The number of benzene rings is 1. The minimum Gasteiger partial charge on any atom is -0.345 e. The van der Waals surface area contributed by atoms with E-state index in [1.54, 1.807) is 12.1 Å². The molecule has 2 aromatic rings. The van der Waals surface area contributed by atoms with Crippen LogP contribution in [0.2, 0.25) is 0 Å². The lowest BCUT2D eigenvalue weighted by atomic mass is 9.89. The Morgan fingerprint density at radius 2 is 1.96 bits per heavy atom. The van der Waals surface area contributed by atoms with E-state index in [-0.39, 0.29) is 17.8 Å². The highest BCUT2D eigenvalue weighted by molar-refractivity contribution is 6.19. The van der Waals surface area contributed by atoms with Crippen LogP contribution < -0.4 is 0 Å². The fraction of sp³-hybridized carbons (Fsp3) is 0.522. The van der Waals surface area contributed by atoms with Crippen molar-refractivity contribution in [1.82, 2.24) is 9.47 Å². The molecule has 3 nitrogen and oxygen atoms in total. The Hall–Kier alpha value is -1.81. The number of hydrogen-bond donors (Lipinski definition) is 0. The number of carbonyl (C=O) groups excluding carboxylic acids is 1. The van der Waals surface area contributed by atoms with Gasteiger partial charge >= 0.3 is 0 Å². The Morgan fingerprint density at radius 3 is 2.64 bits per heavy atom. The maximum absolute atomic E-state index is 13.6. The van der Waals surface area contributed by atoms with E-state index in [9.17, 15) is 9.18 Å². The van der Waals surface area contributed by atoms with Gasteiger partial charge in [0.15, 0.2) is 0 Å². The van der Waals surface area contributed by atoms with Gasteiger partial charge in [-0.2, -0.15) is 0 Å². The number of aromatic nitrogens is 1. The molecule has 1 aromatic carbocycles. The summed E-state index contributed by atoms with van der Waals surface area (Å²) < 4.78 is 15.7. The second-order valence-corrected chi connectivity index (χ2v) is 8.77. The Bertz CT molecular complexity index is 795. The maximum Gasteiger partial charge on any atom is 0.230 e. The first-order valence-electron chi connectivity index (χ1n) is 10.2. The van der Waals surface area contributed by atoms with Gasteiger partial charge in [-0.15, -0.1) is 11.6 Å². The molecular formula is C23H30ClFN2O. The lowest BCUT2D eigenvalue weighted by Crippen LogP contribution is -2.48. The molecule has 152 valence electrons. The highest BCUT2D eigenvalue weighted by Gasteiger charge is 2.35. The molecule has 28 heavy (non-hydrogen) atoms. The molecule has 0 saturated heterocycles. The van der Waals surface area contributed by atoms with Crippen LogP contribution in [0.15, 0.2) is 42.6 Å². The van der Waals surface area contributed by atoms with Gasteiger partial charge in [0.25, 0.3) is 0 Å². The number of amides is 1. The predicted octanol–water partition coefficient (Wildman–Crippen LogP) is 5.60. The smallest absolute Gasteiger partial charge is 0.230 e. The van der Waals surface area contributed by atoms with E-state index in [0.717, 1.165) is 24.1 Å². The summed E-state index contributed by atoms with van der Waals surface area (Å²) in [5.74, 6) is 0.196. The van der Waals surface area contributed by atoms with E-state index in [1.165, 1.54) is 25.3 Å². The Balaban J connectivity index is 1.83. The molecule has 5 heteroatoms. The summed E-state index contributed by atoms with van der Waals surface area (Å²) in [6.45, 7) is 4.99. The van der Waals surface area contributed by atoms with Crippen molar-refractivity contribution in [2.75, 3.05) is 5.88 Å². The highest BCUT2D eigenvalue weighted by Crippen LogP contribution is 2.30. The molecule has 3 rings (SSSR count). The molecular weight excluding hydrogens is 375 g/mol. The van der Waals surface area contributed by atoms with Crippen molar-refractivity contribution >= 4 is 17.5 Å². The third-order valence-electron chi connectivity index (χ3n) is 5.69. The second kappa shape index (κ2) is 9.13. The van der Waals surface area contributed by atoms with E-state index in [0.29, 0.717) is 19.0 Å². The van der Waals surface area contributed by atoms with Gasteiger partial charge in [0.05, 0.1) is 12.0 Å². The van der Waals surface area contributed by atoms with E-state index < -0.39 is 5.41 Å². The average molecular weight is 405 g/mol. The summed E-state index contributed by atoms with van der Waals surface area (Å²) in [4.78, 5) is 15.4. The SMILES string of the molecule is CC(C)(CCl)C(=O)N(Cc1cccn1Cc1cccc(F)c1)C1CCCCC1. The van der Waals surface area contributed by atoms with Crippen molar-refractivity contribution in [3.05, 3.63) is 59.7 Å². The zero-order valence-corrected chi connectivity index (χ0v) is 17.6. The number of halogens is 2. The Labute approximate surface area is 172 Å². The first kappa shape index (κ1) is 20.9. The van der Waals surface area contributed by atoms with Crippen LogP contribution in [0.5, 0.6) is 0 Å². The number of carbonyl (C=O) groups is 1. The standard InChI is InChI=1S/C23H30ClFN2O/c1-23(2,17-24)22(28)27(20-10-4-3-5-11-20)16-21-12-7-13-26(21)15-18-8-6-9-19(25)14-18/h6-9,12-14,20H,3-5,10-11,15-17H2,1-2H3. The molecule has 1 aliphatic rings. The van der Waals surface area contributed by atoms with Gasteiger partial charge in [0, 0.05) is 30.4 Å². The van der Waals surface area contributed by atoms with Crippen molar-refractivity contribution in [2.45, 2.75) is 65.1 Å². The van der Waals surface area contributed by atoms with Gasteiger partial charge < -0.3 is 9.47 Å². The van der Waals surface area contributed by atoms with Crippen LogP contribution in [0.1, 0.15) is 57.2 Å². The quantitative estimate of drug-likeness (QED) is 0.551. The summed E-state index contributed by atoms with van der Waals surface area (Å²) in [5, 5.41) is 0. The minimum absolute atomic E-state index is 0.118. The normalized spacial score (nSPS) is 15.6. The highest BCUT2D eigenvalue weighted by atomic mass is 35.5. The van der Waals surface area contributed by atoms with E-state index in [1.807, 2.05) is 37.1 Å². The van der Waals surface area contributed by atoms with Crippen molar-refractivity contribution in [3.63, 3.8) is 0 Å². The average Bonchev–Trinajstić information content (AvgIpc) is 3.13. The van der Waals surface area contributed by atoms with Gasteiger partial charge in [0.1, 0.15) is 5.82 Å². The van der Waals surface area contributed by atoms with Gasteiger partial charge in [-0.25, -0.2) is 4.39 Å². The minimum atomic E-state index is -0.584. The fourth-order valence-corrected chi connectivity index (χ4v) is 4.07. The molecule has 1 aliphatic carbocycles. The monoisotopic (exact) mass is 404 g/mol. The predicted molar refractivity (Wildman–Crippen MR) is 112 cm³/mol. The molecule has 1 aromatic heterocycles. The summed E-state index contributed by atoms with van der Waals surface area (Å²) in [6.07, 6.45) is 7.67. The molecule has 0 aliphatic heterocycles. The zero-order chi connectivity index (χ0) is 20.1. The molecule has 0 bridgehead atoms.